The molecule has 0 saturated heterocycles. The first-order chi connectivity index (χ1) is 13.7. The van der Waals surface area contributed by atoms with Gasteiger partial charge in [-0.3, -0.25) is 9.36 Å². The molecule has 0 radical (unpaired) electrons. The Morgan fingerprint density at radius 2 is 1.96 bits per heavy atom. The minimum atomic E-state index is -0.0547. The SMILES string of the molecule is CCCCc1ccc(NC(=O)CSc2nccn2-c2ccccc2OC)cc1. The molecule has 1 heterocycles. The molecular weight excluding hydrogens is 370 g/mol. The Hall–Kier alpha value is -2.73. The van der Waals surface area contributed by atoms with Gasteiger partial charge in [-0.15, -0.1) is 0 Å². The summed E-state index contributed by atoms with van der Waals surface area (Å²) < 4.78 is 7.36. The molecule has 5 nitrogen and oxygen atoms in total. The van der Waals surface area contributed by atoms with Crippen LogP contribution >= 0.6 is 11.8 Å². The third-order valence-corrected chi connectivity index (χ3v) is 5.31. The van der Waals surface area contributed by atoms with Gasteiger partial charge in [-0.1, -0.05) is 49.4 Å². The maximum absolute atomic E-state index is 12.3. The summed E-state index contributed by atoms with van der Waals surface area (Å²) >= 11 is 1.39. The minimum absolute atomic E-state index is 0.0547. The van der Waals surface area contributed by atoms with Gasteiger partial charge in [-0.25, -0.2) is 4.98 Å². The second-order valence-electron chi connectivity index (χ2n) is 6.39. The molecule has 0 unspecified atom stereocenters. The van der Waals surface area contributed by atoms with Crippen molar-refractivity contribution in [3.63, 3.8) is 0 Å². The lowest BCUT2D eigenvalue weighted by molar-refractivity contribution is -0.113. The van der Waals surface area contributed by atoms with Gasteiger partial charge in [0.1, 0.15) is 5.75 Å². The van der Waals surface area contributed by atoms with Crippen molar-refractivity contribution in [3.05, 3.63) is 66.5 Å². The average molecular weight is 396 g/mol. The monoisotopic (exact) mass is 395 g/mol. The summed E-state index contributed by atoms with van der Waals surface area (Å²) in [5, 5.41) is 3.69. The van der Waals surface area contributed by atoms with Crippen LogP contribution in [-0.4, -0.2) is 28.3 Å². The first-order valence-electron chi connectivity index (χ1n) is 9.39. The number of hydrogen-bond donors (Lipinski definition) is 1. The summed E-state index contributed by atoms with van der Waals surface area (Å²) in [4.78, 5) is 16.7. The van der Waals surface area contributed by atoms with E-state index in [1.807, 2.05) is 47.2 Å². The number of unbranched alkanes of at least 4 members (excludes halogenated alkanes) is 1. The highest BCUT2D eigenvalue weighted by Crippen LogP contribution is 2.27. The fourth-order valence-electron chi connectivity index (χ4n) is 2.87. The standard InChI is InChI=1S/C22H25N3O2S/c1-3-4-7-17-10-12-18(13-11-17)24-21(26)16-28-22-23-14-15-25(22)19-8-5-6-9-20(19)27-2/h5-6,8-15H,3-4,7,16H2,1-2H3,(H,24,26). The molecule has 28 heavy (non-hydrogen) atoms. The molecule has 0 bridgehead atoms. The van der Waals surface area contributed by atoms with E-state index >= 15 is 0 Å². The van der Waals surface area contributed by atoms with Crippen molar-refractivity contribution in [3.8, 4) is 11.4 Å². The molecule has 146 valence electrons. The van der Waals surface area contributed by atoms with Gasteiger partial charge in [0.2, 0.25) is 5.91 Å². The van der Waals surface area contributed by atoms with Crippen LogP contribution in [-0.2, 0) is 11.2 Å². The first-order valence-corrected chi connectivity index (χ1v) is 10.4. The predicted molar refractivity (Wildman–Crippen MR) is 115 cm³/mol. The van der Waals surface area contributed by atoms with Gasteiger partial charge >= 0.3 is 0 Å². The van der Waals surface area contributed by atoms with Crippen LogP contribution in [0.3, 0.4) is 0 Å². The lowest BCUT2D eigenvalue weighted by Gasteiger charge is -2.11. The average Bonchev–Trinajstić information content (AvgIpc) is 3.20. The minimum Gasteiger partial charge on any atom is -0.495 e. The lowest BCUT2D eigenvalue weighted by atomic mass is 10.1. The molecule has 0 atom stereocenters. The molecule has 0 fully saturated rings. The number of nitrogens with zero attached hydrogens (tertiary/aromatic N) is 2. The van der Waals surface area contributed by atoms with Crippen molar-refractivity contribution in [1.82, 2.24) is 9.55 Å². The summed E-state index contributed by atoms with van der Waals surface area (Å²) in [6.45, 7) is 2.19. The highest BCUT2D eigenvalue weighted by atomic mass is 32.2. The molecule has 2 aromatic carbocycles. The number of nitrogens with one attached hydrogen (secondary N) is 1. The number of rotatable bonds is 9. The highest BCUT2D eigenvalue weighted by Gasteiger charge is 2.12. The van der Waals surface area contributed by atoms with E-state index in [1.165, 1.54) is 30.2 Å². The van der Waals surface area contributed by atoms with E-state index in [-0.39, 0.29) is 11.7 Å². The number of aromatic nitrogens is 2. The van der Waals surface area contributed by atoms with E-state index in [2.05, 4.69) is 29.4 Å². The molecule has 3 rings (SSSR count). The van der Waals surface area contributed by atoms with Crippen molar-refractivity contribution < 1.29 is 9.53 Å². The topological polar surface area (TPSA) is 56.2 Å². The lowest BCUT2D eigenvalue weighted by Crippen LogP contribution is -2.14. The van der Waals surface area contributed by atoms with Gasteiger partial charge < -0.3 is 10.1 Å². The van der Waals surface area contributed by atoms with Crippen molar-refractivity contribution in [2.45, 2.75) is 31.3 Å². The van der Waals surface area contributed by atoms with Crippen LogP contribution in [0.25, 0.3) is 5.69 Å². The van der Waals surface area contributed by atoms with Crippen LogP contribution in [0.2, 0.25) is 0 Å². The fourth-order valence-corrected chi connectivity index (χ4v) is 3.64. The van der Waals surface area contributed by atoms with Crippen molar-refractivity contribution in [2.75, 3.05) is 18.2 Å². The Morgan fingerprint density at radius 3 is 2.71 bits per heavy atom. The number of benzene rings is 2. The number of amides is 1. The van der Waals surface area contributed by atoms with Gasteiger partial charge in [-0.05, 0) is 42.7 Å². The molecule has 1 aromatic heterocycles. The molecule has 0 aliphatic rings. The van der Waals surface area contributed by atoms with E-state index in [0.29, 0.717) is 0 Å². The number of para-hydroxylation sites is 2. The number of thioether (sulfide) groups is 1. The van der Waals surface area contributed by atoms with Gasteiger partial charge in [0.15, 0.2) is 5.16 Å². The molecule has 0 aliphatic heterocycles. The highest BCUT2D eigenvalue weighted by molar-refractivity contribution is 7.99. The Morgan fingerprint density at radius 1 is 1.18 bits per heavy atom. The number of hydrogen-bond acceptors (Lipinski definition) is 4. The number of aryl methyl sites for hydroxylation is 1. The summed E-state index contributed by atoms with van der Waals surface area (Å²) in [6.07, 6.45) is 7.03. The molecular formula is C22H25N3O2S. The zero-order chi connectivity index (χ0) is 19.8. The van der Waals surface area contributed by atoms with Crippen LogP contribution in [0.1, 0.15) is 25.3 Å². The predicted octanol–water partition coefficient (Wildman–Crippen LogP) is 4.95. The maximum atomic E-state index is 12.3. The van der Waals surface area contributed by atoms with Gasteiger partial charge in [0.05, 0.1) is 18.6 Å². The summed E-state index contributed by atoms with van der Waals surface area (Å²) in [5.41, 5.74) is 3.01. The Balaban J connectivity index is 1.59. The fraction of sp³-hybridized carbons (Fsp3) is 0.273. The molecule has 6 heteroatoms. The third-order valence-electron chi connectivity index (χ3n) is 4.34. The van der Waals surface area contributed by atoms with E-state index in [1.54, 1.807) is 13.3 Å². The first kappa shape index (κ1) is 20.0. The summed E-state index contributed by atoms with van der Waals surface area (Å²) in [7, 11) is 1.64. The van der Waals surface area contributed by atoms with Gasteiger partial charge in [0.25, 0.3) is 0 Å². The second-order valence-corrected chi connectivity index (χ2v) is 7.33. The Labute approximate surface area is 170 Å². The van der Waals surface area contributed by atoms with E-state index in [9.17, 15) is 4.79 Å². The van der Waals surface area contributed by atoms with E-state index in [0.717, 1.165) is 28.7 Å². The van der Waals surface area contributed by atoms with Crippen LogP contribution in [0.4, 0.5) is 5.69 Å². The Bertz CT molecular complexity index is 906. The zero-order valence-corrected chi connectivity index (χ0v) is 17.0. The number of ether oxygens (including phenoxy) is 1. The molecule has 0 spiro atoms. The molecule has 0 aliphatic carbocycles. The maximum Gasteiger partial charge on any atom is 0.234 e. The van der Waals surface area contributed by atoms with Crippen LogP contribution in [0.5, 0.6) is 5.75 Å². The Kier molecular flexibility index (Phi) is 7.14. The third kappa shape index (κ3) is 5.16. The number of carbonyl (C=O) groups excluding carboxylic acids is 1. The summed E-state index contributed by atoms with van der Waals surface area (Å²) in [5.74, 6) is 0.986. The summed E-state index contributed by atoms with van der Waals surface area (Å²) in [6, 6.07) is 15.8. The van der Waals surface area contributed by atoms with E-state index in [4.69, 9.17) is 4.74 Å². The quantitative estimate of drug-likeness (QED) is 0.521. The largest absolute Gasteiger partial charge is 0.495 e. The molecule has 1 amide bonds. The number of carbonyl (C=O) groups is 1. The molecule has 1 N–H and O–H groups in total. The van der Waals surface area contributed by atoms with Crippen molar-refractivity contribution in [1.29, 1.82) is 0 Å². The molecule has 3 aromatic rings. The number of anilines is 1. The smallest absolute Gasteiger partial charge is 0.234 e. The second kappa shape index (κ2) is 9.99. The van der Waals surface area contributed by atoms with Crippen LogP contribution in [0.15, 0.2) is 66.1 Å². The van der Waals surface area contributed by atoms with Gasteiger partial charge in [0, 0.05) is 18.1 Å². The molecule has 0 saturated carbocycles. The van der Waals surface area contributed by atoms with Gasteiger partial charge in [-0.2, -0.15) is 0 Å². The zero-order valence-electron chi connectivity index (χ0n) is 16.2. The van der Waals surface area contributed by atoms with E-state index < -0.39 is 0 Å². The number of imidazole rings is 1. The normalized spacial score (nSPS) is 10.6. The number of methoxy groups -OCH3 is 1. The van der Waals surface area contributed by atoms with Crippen molar-refractivity contribution >= 4 is 23.4 Å². The van der Waals surface area contributed by atoms with Crippen LogP contribution < -0.4 is 10.1 Å². The van der Waals surface area contributed by atoms with Crippen molar-refractivity contribution in [2.24, 2.45) is 0 Å². The van der Waals surface area contributed by atoms with Crippen LogP contribution in [0, 0.1) is 0 Å².